The van der Waals surface area contributed by atoms with Gasteiger partial charge in [-0.05, 0) is 98.5 Å². The number of methoxy groups -OCH3 is 1. The van der Waals surface area contributed by atoms with Crippen molar-refractivity contribution in [2.75, 3.05) is 26.8 Å². The third kappa shape index (κ3) is 6.70. The fraction of sp³-hybridized carbons (Fsp3) is 0.517. The van der Waals surface area contributed by atoms with Crippen molar-refractivity contribution in [2.24, 2.45) is 0 Å². The highest BCUT2D eigenvalue weighted by atomic mass is 32.2. The zero-order chi connectivity index (χ0) is 31.2. The second kappa shape index (κ2) is 11.8. The number of hydroxylamine groups is 1. The second-order valence-electron chi connectivity index (χ2n) is 11.5. The molecule has 0 bridgehead atoms. The molecular weight excluding hydrogens is 599 g/mol. The number of benzene rings is 2. The van der Waals surface area contributed by atoms with Gasteiger partial charge in [-0.1, -0.05) is 16.6 Å². The highest BCUT2D eigenvalue weighted by molar-refractivity contribution is 7.90. The summed E-state index contributed by atoms with van der Waals surface area (Å²) in [6.07, 6.45) is -2.61. The van der Waals surface area contributed by atoms with E-state index in [1.54, 1.807) is 19.2 Å². The summed E-state index contributed by atoms with van der Waals surface area (Å²) >= 11 is 0. The fourth-order valence-corrected chi connectivity index (χ4v) is 7.12. The zero-order valence-corrected chi connectivity index (χ0v) is 24.1. The Balaban J connectivity index is 1.38. The summed E-state index contributed by atoms with van der Waals surface area (Å²) in [7, 11) is -3.20. The molecule has 1 aliphatic heterocycles. The Kier molecular flexibility index (Phi) is 8.58. The van der Waals surface area contributed by atoms with Crippen molar-refractivity contribution in [1.29, 1.82) is 0 Å². The van der Waals surface area contributed by atoms with Gasteiger partial charge >= 0.3 is 18.1 Å². The van der Waals surface area contributed by atoms with Crippen LogP contribution in [0.15, 0.2) is 36.4 Å². The highest BCUT2D eigenvalue weighted by Crippen LogP contribution is 2.44. The van der Waals surface area contributed by atoms with Crippen LogP contribution in [0.3, 0.4) is 0 Å². The van der Waals surface area contributed by atoms with E-state index in [1.165, 1.54) is 18.2 Å². The molecule has 0 N–H and O–H groups in total. The standard InChI is InChI=1S/C29H31F5N2O6S/c1-41-17-28(20-4-6-21(30)7-5-20)10-12-35(13-11-28)16-19-14-25(31)24(15-23(19)18-2-3-18)26(37)36(42-27(38)29(32,33)34)43(39,40)22-8-9-22/h4-7,14-15,18,22H,2-3,8-13,16-17H2,1H3. The molecule has 0 atom stereocenters. The van der Waals surface area contributed by atoms with Gasteiger partial charge in [-0.25, -0.2) is 22.0 Å². The summed E-state index contributed by atoms with van der Waals surface area (Å²) < 4.78 is 98.2. The van der Waals surface area contributed by atoms with Crippen molar-refractivity contribution in [1.82, 2.24) is 9.37 Å². The normalized spacial score (nSPS) is 19.2. The van der Waals surface area contributed by atoms with Crippen LogP contribution in [-0.4, -0.2) is 67.9 Å². The SMILES string of the molecule is COCC1(c2ccc(F)cc2)CCN(Cc2cc(F)c(C(=O)N(OC(=O)C(F)(F)F)S(=O)(=O)C3CC3)cc2C2CC2)CC1. The number of hydrogen-bond acceptors (Lipinski definition) is 7. The van der Waals surface area contributed by atoms with Crippen LogP contribution in [0.25, 0.3) is 0 Å². The molecule has 43 heavy (non-hydrogen) atoms. The molecule has 0 spiro atoms. The van der Waals surface area contributed by atoms with Crippen LogP contribution in [0.2, 0.25) is 0 Å². The van der Waals surface area contributed by atoms with Gasteiger partial charge in [0, 0.05) is 19.1 Å². The van der Waals surface area contributed by atoms with Crippen molar-refractivity contribution in [3.63, 3.8) is 0 Å². The van der Waals surface area contributed by atoms with Crippen LogP contribution in [0.5, 0.6) is 0 Å². The van der Waals surface area contributed by atoms with Gasteiger partial charge in [-0.2, -0.15) is 13.2 Å². The van der Waals surface area contributed by atoms with Crippen molar-refractivity contribution < 1.29 is 49.5 Å². The van der Waals surface area contributed by atoms with Crippen molar-refractivity contribution in [3.05, 3.63) is 70.3 Å². The van der Waals surface area contributed by atoms with E-state index in [-0.39, 0.29) is 30.0 Å². The van der Waals surface area contributed by atoms with E-state index in [1.807, 2.05) is 0 Å². The van der Waals surface area contributed by atoms with Gasteiger partial charge in [0.2, 0.25) is 0 Å². The first-order chi connectivity index (χ1) is 20.2. The Labute approximate surface area is 245 Å². The highest BCUT2D eigenvalue weighted by Gasteiger charge is 2.50. The molecule has 2 aromatic carbocycles. The Hall–Kier alpha value is -3.10. The van der Waals surface area contributed by atoms with Gasteiger partial charge in [0.05, 0.1) is 17.4 Å². The van der Waals surface area contributed by atoms with Crippen LogP contribution in [0, 0.1) is 11.6 Å². The number of ether oxygens (including phenoxy) is 1. The maximum atomic E-state index is 15.5. The number of rotatable bonds is 9. The van der Waals surface area contributed by atoms with E-state index >= 15 is 4.39 Å². The fourth-order valence-electron chi connectivity index (χ4n) is 5.62. The lowest BCUT2D eigenvalue weighted by Crippen LogP contribution is -2.45. The van der Waals surface area contributed by atoms with Crippen molar-refractivity contribution in [3.8, 4) is 0 Å². The summed E-state index contributed by atoms with van der Waals surface area (Å²) in [6, 6.07) is 8.59. The minimum atomic E-state index is -5.58. The predicted molar refractivity (Wildman–Crippen MR) is 143 cm³/mol. The molecule has 8 nitrogen and oxygen atoms in total. The number of amides is 1. The largest absolute Gasteiger partial charge is 0.493 e. The third-order valence-electron chi connectivity index (χ3n) is 8.30. The number of halogens is 5. The minimum Gasteiger partial charge on any atom is -0.384 e. The summed E-state index contributed by atoms with van der Waals surface area (Å²) in [5.41, 5.74) is 0.993. The molecule has 2 aliphatic carbocycles. The van der Waals surface area contributed by atoms with Crippen LogP contribution < -0.4 is 0 Å². The molecule has 5 rings (SSSR count). The molecule has 1 heterocycles. The number of hydrogen-bond donors (Lipinski definition) is 0. The van der Waals surface area contributed by atoms with Gasteiger partial charge in [-0.3, -0.25) is 9.69 Å². The smallest absolute Gasteiger partial charge is 0.384 e. The summed E-state index contributed by atoms with van der Waals surface area (Å²) in [5.74, 6) is -6.11. The van der Waals surface area contributed by atoms with Crippen LogP contribution >= 0.6 is 0 Å². The Morgan fingerprint density at radius 2 is 1.65 bits per heavy atom. The van der Waals surface area contributed by atoms with Crippen molar-refractivity contribution >= 4 is 21.9 Å². The van der Waals surface area contributed by atoms with E-state index in [4.69, 9.17) is 4.74 Å². The first kappa shape index (κ1) is 31.3. The molecule has 2 aromatic rings. The number of carbonyl (C=O) groups excluding carboxylic acids is 2. The minimum absolute atomic E-state index is 0.0371. The number of sulfonamides is 1. The molecule has 0 aromatic heterocycles. The van der Waals surface area contributed by atoms with E-state index in [2.05, 4.69) is 9.74 Å². The first-order valence-corrected chi connectivity index (χ1v) is 15.4. The average Bonchev–Trinajstić information content (AvgIpc) is 3.86. The summed E-state index contributed by atoms with van der Waals surface area (Å²) in [6.45, 7) is 1.96. The monoisotopic (exact) mass is 630 g/mol. The summed E-state index contributed by atoms with van der Waals surface area (Å²) in [4.78, 5) is 30.9. The number of nitrogens with zero attached hydrogens (tertiary/aromatic N) is 2. The molecule has 0 unspecified atom stereocenters. The van der Waals surface area contributed by atoms with E-state index in [0.717, 1.165) is 24.5 Å². The van der Waals surface area contributed by atoms with Crippen molar-refractivity contribution in [2.45, 2.75) is 67.8 Å². The molecule has 234 valence electrons. The maximum absolute atomic E-state index is 15.5. The summed E-state index contributed by atoms with van der Waals surface area (Å²) in [5, 5.41) is -1.21. The molecular formula is C29H31F5N2O6S. The molecule has 1 amide bonds. The lowest BCUT2D eigenvalue weighted by atomic mass is 9.73. The van der Waals surface area contributed by atoms with Gasteiger partial charge in [0.15, 0.2) is 0 Å². The topological polar surface area (TPSA) is 93.2 Å². The Morgan fingerprint density at radius 1 is 1.02 bits per heavy atom. The van der Waals surface area contributed by atoms with E-state index in [0.29, 0.717) is 50.2 Å². The number of carbonyl (C=O) groups is 2. The maximum Gasteiger partial charge on any atom is 0.493 e. The van der Waals surface area contributed by atoms with E-state index < -0.39 is 49.2 Å². The molecule has 3 fully saturated rings. The van der Waals surface area contributed by atoms with Crippen LogP contribution in [0.4, 0.5) is 22.0 Å². The first-order valence-electron chi connectivity index (χ1n) is 13.9. The molecule has 14 heteroatoms. The average molecular weight is 631 g/mol. The second-order valence-corrected chi connectivity index (χ2v) is 13.5. The molecule has 1 saturated heterocycles. The molecule has 2 saturated carbocycles. The van der Waals surface area contributed by atoms with Gasteiger partial charge in [-0.15, -0.1) is 0 Å². The Morgan fingerprint density at radius 3 is 2.19 bits per heavy atom. The Bertz CT molecular complexity index is 1480. The van der Waals surface area contributed by atoms with Crippen LogP contribution in [-0.2, 0) is 36.4 Å². The molecule has 0 radical (unpaired) electrons. The predicted octanol–water partition coefficient (Wildman–Crippen LogP) is 4.98. The number of likely N-dealkylation sites (tertiary alicyclic amines) is 1. The number of piperidine rings is 1. The van der Waals surface area contributed by atoms with E-state index in [9.17, 15) is 35.6 Å². The van der Waals surface area contributed by atoms with Gasteiger partial charge < -0.3 is 9.57 Å². The number of alkyl halides is 3. The lowest BCUT2D eigenvalue weighted by molar-refractivity contribution is -0.217. The third-order valence-corrected chi connectivity index (χ3v) is 10.3. The van der Waals surface area contributed by atoms with Gasteiger partial charge in [0.25, 0.3) is 10.0 Å². The molecule has 3 aliphatic rings. The van der Waals surface area contributed by atoms with Gasteiger partial charge in [0.1, 0.15) is 11.6 Å². The lowest BCUT2D eigenvalue weighted by Gasteiger charge is -2.42. The quantitative estimate of drug-likeness (QED) is 0.285. The van der Waals surface area contributed by atoms with Crippen LogP contribution in [0.1, 0.15) is 71.5 Å². The zero-order valence-electron chi connectivity index (χ0n) is 23.3.